The minimum atomic E-state index is -3.76. The van der Waals surface area contributed by atoms with Crippen LogP contribution in [0.4, 0.5) is 16.2 Å². The predicted octanol–water partition coefficient (Wildman–Crippen LogP) is 3.59. The zero-order chi connectivity index (χ0) is 22.1. The highest BCUT2D eigenvalue weighted by molar-refractivity contribution is 7.89. The summed E-state index contributed by atoms with van der Waals surface area (Å²) in [5.74, 6) is 0. The van der Waals surface area contributed by atoms with Gasteiger partial charge in [0, 0.05) is 25.7 Å². The second kappa shape index (κ2) is 11.0. The van der Waals surface area contributed by atoms with Crippen LogP contribution in [-0.4, -0.2) is 38.7 Å². The Labute approximate surface area is 183 Å². The second-order valence-corrected chi connectivity index (χ2v) is 9.42. The predicted molar refractivity (Wildman–Crippen MR) is 122 cm³/mol. The van der Waals surface area contributed by atoms with E-state index in [2.05, 4.69) is 20.7 Å². The van der Waals surface area contributed by atoms with Gasteiger partial charge in [0.25, 0.3) is 0 Å². The third kappa shape index (κ3) is 7.15. The van der Waals surface area contributed by atoms with E-state index in [1.54, 1.807) is 18.2 Å². The molecule has 0 heterocycles. The van der Waals surface area contributed by atoms with Gasteiger partial charge in [0.1, 0.15) is 0 Å². The van der Waals surface area contributed by atoms with E-state index in [1.807, 2.05) is 30.3 Å². The minimum Gasteiger partial charge on any atom is -0.465 e. The van der Waals surface area contributed by atoms with Gasteiger partial charge in [0.05, 0.1) is 16.3 Å². The SMILES string of the molecule is O=C(O)NCCNS(=O)(=O)c1ccc(NC2CCCCC2)c(NCc2ccccc2)c1. The molecule has 3 rings (SSSR count). The highest BCUT2D eigenvalue weighted by Crippen LogP contribution is 2.29. The third-order valence-corrected chi connectivity index (χ3v) is 6.74. The largest absolute Gasteiger partial charge is 0.465 e. The normalized spacial score (nSPS) is 14.7. The van der Waals surface area contributed by atoms with Gasteiger partial charge in [-0.25, -0.2) is 17.9 Å². The van der Waals surface area contributed by atoms with Crippen molar-refractivity contribution in [1.29, 1.82) is 0 Å². The number of hydrogen-bond acceptors (Lipinski definition) is 5. The summed E-state index contributed by atoms with van der Waals surface area (Å²) in [5, 5.41) is 17.7. The van der Waals surface area contributed by atoms with Gasteiger partial charge in [-0.2, -0.15) is 0 Å². The van der Waals surface area contributed by atoms with Gasteiger partial charge in [0.2, 0.25) is 10.0 Å². The molecule has 1 amide bonds. The summed E-state index contributed by atoms with van der Waals surface area (Å²) >= 11 is 0. The van der Waals surface area contributed by atoms with E-state index in [4.69, 9.17) is 5.11 Å². The lowest BCUT2D eigenvalue weighted by molar-refractivity contribution is 0.194. The summed E-state index contributed by atoms with van der Waals surface area (Å²) in [7, 11) is -3.76. The van der Waals surface area contributed by atoms with E-state index in [1.165, 1.54) is 19.3 Å². The van der Waals surface area contributed by atoms with Crippen LogP contribution in [0.2, 0.25) is 0 Å². The lowest BCUT2D eigenvalue weighted by Crippen LogP contribution is -2.34. The molecule has 31 heavy (non-hydrogen) atoms. The standard InChI is InChI=1S/C22H30N4O4S/c27-22(28)23-13-14-25-31(29,30)19-11-12-20(26-18-9-5-2-6-10-18)21(15-19)24-16-17-7-3-1-4-8-17/h1,3-4,7-8,11-12,15,18,23-26H,2,5-6,9-10,13-14,16H2,(H,27,28). The molecule has 1 aliphatic rings. The summed E-state index contributed by atoms with van der Waals surface area (Å²) in [6, 6.07) is 15.3. The van der Waals surface area contributed by atoms with Crippen molar-refractivity contribution in [2.24, 2.45) is 0 Å². The fourth-order valence-electron chi connectivity index (χ4n) is 3.66. The first kappa shape index (κ1) is 22.9. The van der Waals surface area contributed by atoms with Gasteiger partial charge in [-0.15, -0.1) is 0 Å². The molecule has 2 aromatic carbocycles. The molecule has 0 spiro atoms. The van der Waals surface area contributed by atoms with Gasteiger partial charge in [-0.1, -0.05) is 49.6 Å². The number of nitrogens with one attached hydrogen (secondary N) is 4. The van der Waals surface area contributed by atoms with Crippen molar-refractivity contribution >= 4 is 27.5 Å². The summed E-state index contributed by atoms with van der Waals surface area (Å²) in [6.07, 6.45) is 4.68. The Morgan fingerprint density at radius 2 is 1.71 bits per heavy atom. The molecule has 1 fully saturated rings. The quantitative estimate of drug-likeness (QED) is 0.356. The molecule has 1 saturated carbocycles. The second-order valence-electron chi connectivity index (χ2n) is 7.66. The van der Waals surface area contributed by atoms with Crippen LogP contribution in [0, 0.1) is 0 Å². The number of carbonyl (C=O) groups is 1. The molecule has 0 unspecified atom stereocenters. The van der Waals surface area contributed by atoms with Crippen molar-refractivity contribution < 1.29 is 18.3 Å². The maximum Gasteiger partial charge on any atom is 0.404 e. The maximum atomic E-state index is 12.7. The fraction of sp³-hybridized carbons (Fsp3) is 0.409. The number of anilines is 2. The van der Waals surface area contributed by atoms with Crippen molar-refractivity contribution in [3.63, 3.8) is 0 Å². The Morgan fingerprint density at radius 1 is 0.968 bits per heavy atom. The van der Waals surface area contributed by atoms with Crippen LogP contribution in [0.25, 0.3) is 0 Å². The van der Waals surface area contributed by atoms with Crippen LogP contribution >= 0.6 is 0 Å². The number of carboxylic acid groups (broad SMARTS) is 1. The average molecular weight is 447 g/mol. The van der Waals surface area contributed by atoms with Crippen LogP contribution in [0.3, 0.4) is 0 Å². The van der Waals surface area contributed by atoms with E-state index in [9.17, 15) is 13.2 Å². The van der Waals surface area contributed by atoms with Gasteiger partial charge >= 0.3 is 6.09 Å². The van der Waals surface area contributed by atoms with Crippen LogP contribution in [0.1, 0.15) is 37.7 Å². The van der Waals surface area contributed by atoms with Crippen molar-refractivity contribution in [1.82, 2.24) is 10.0 Å². The van der Waals surface area contributed by atoms with E-state index in [-0.39, 0.29) is 18.0 Å². The van der Waals surface area contributed by atoms with Crippen molar-refractivity contribution in [3.8, 4) is 0 Å². The van der Waals surface area contributed by atoms with Gasteiger partial charge < -0.3 is 21.1 Å². The molecule has 5 N–H and O–H groups in total. The molecular formula is C22H30N4O4S. The van der Waals surface area contributed by atoms with E-state index >= 15 is 0 Å². The van der Waals surface area contributed by atoms with Crippen LogP contribution in [0.5, 0.6) is 0 Å². The Kier molecular flexibility index (Phi) is 8.13. The zero-order valence-corrected chi connectivity index (χ0v) is 18.2. The number of hydrogen-bond donors (Lipinski definition) is 5. The number of sulfonamides is 1. The first-order valence-corrected chi connectivity index (χ1v) is 12.1. The van der Waals surface area contributed by atoms with Crippen molar-refractivity contribution in [2.45, 2.75) is 49.6 Å². The van der Waals surface area contributed by atoms with Crippen molar-refractivity contribution in [2.75, 3.05) is 23.7 Å². The smallest absolute Gasteiger partial charge is 0.404 e. The Morgan fingerprint density at radius 3 is 2.42 bits per heavy atom. The van der Waals surface area contributed by atoms with Gasteiger partial charge in [-0.05, 0) is 36.6 Å². The molecule has 168 valence electrons. The monoisotopic (exact) mass is 446 g/mol. The molecule has 2 aromatic rings. The van der Waals surface area contributed by atoms with Gasteiger partial charge in [-0.3, -0.25) is 0 Å². The number of amides is 1. The van der Waals surface area contributed by atoms with Crippen LogP contribution in [0.15, 0.2) is 53.4 Å². The highest BCUT2D eigenvalue weighted by Gasteiger charge is 2.18. The molecule has 0 radical (unpaired) electrons. The molecule has 8 nitrogen and oxygen atoms in total. The van der Waals surface area contributed by atoms with E-state index in [0.29, 0.717) is 12.6 Å². The highest BCUT2D eigenvalue weighted by atomic mass is 32.2. The summed E-state index contributed by atoms with van der Waals surface area (Å²) in [4.78, 5) is 10.7. The third-order valence-electron chi connectivity index (χ3n) is 5.29. The van der Waals surface area contributed by atoms with Gasteiger partial charge in [0.15, 0.2) is 0 Å². The number of benzene rings is 2. The first-order chi connectivity index (χ1) is 14.9. The molecule has 0 aliphatic heterocycles. The summed E-state index contributed by atoms with van der Waals surface area (Å²) < 4.78 is 27.8. The molecule has 9 heteroatoms. The fourth-order valence-corrected chi connectivity index (χ4v) is 4.72. The van der Waals surface area contributed by atoms with Crippen LogP contribution < -0.4 is 20.7 Å². The average Bonchev–Trinajstić information content (AvgIpc) is 2.77. The lowest BCUT2D eigenvalue weighted by atomic mass is 9.95. The lowest BCUT2D eigenvalue weighted by Gasteiger charge is -2.25. The summed E-state index contributed by atoms with van der Waals surface area (Å²) in [6.45, 7) is 0.540. The Balaban J connectivity index is 1.76. The first-order valence-electron chi connectivity index (χ1n) is 10.6. The zero-order valence-electron chi connectivity index (χ0n) is 17.4. The Bertz CT molecular complexity index is 961. The molecule has 0 bridgehead atoms. The number of rotatable bonds is 10. The van der Waals surface area contributed by atoms with E-state index in [0.717, 1.165) is 29.8 Å². The molecule has 0 aromatic heterocycles. The Hall–Kier alpha value is -2.78. The molecule has 0 atom stereocenters. The van der Waals surface area contributed by atoms with Crippen molar-refractivity contribution in [3.05, 3.63) is 54.1 Å². The van der Waals surface area contributed by atoms with E-state index < -0.39 is 16.1 Å². The molecular weight excluding hydrogens is 416 g/mol. The maximum absolute atomic E-state index is 12.7. The summed E-state index contributed by atoms with van der Waals surface area (Å²) in [5.41, 5.74) is 2.70. The van der Waals surface area contributed by atoms with Crippen LogP contribution in [-0.2, 0) is 16.6 Å². The topological polar surface area (TPSA) is 120 Å². The molecule has 0 saturated heterocycles. The minimum absolute atomic E-state index is 0.00496. The molecule has 1 aliphatic carbocycles.